The predicted molar refractivity (Wildman–Crippen MR) is 132 cm³/mol. The van der Waals surface area contributed by atoms with Crippen LogP contribution >= 0.6 is 0 Å². The van der Waals surface area contributed by atoms with E-state index in [1.54, 1.807) is 23.2 Å². The van der Waals surface area contributed by atoms with Gasteiger partial charge in [-0.2, -0.15) is 0 Å². The number of pyridine rings is 1. The molecule has 2 fully saturated rings. The summed E-state index contributed by atoms with van der Waals surface area (Å²) in [4.78, 5) is 27.2. The monoisotopic (exact) mass is 488 g/mol. The van der Waals surface area contributed by atoms with Crippen LogP contribution in [0, 0.1) is 28.9 Å². The average Bonchev–Trinajstić information content (AvgIpc) is 2.86. The molecule has 0 saturated carbocycles. The summed E-state index contributed by atoms with van der Waals surface area (Å²) in [6, 6.07) is 5.66. The van der Waals surface area contributed by atoms with Gasteiger partial charge in [0.2, 0.25) is 0 Å². The number of carbonyl (C=O) groups is 1. The van der Waals surface area contributed by atoms with E-state index in [4.69, 9.17) is 5.73 Å². The number of rotatable bonds is 3. The lowest BCUT2D eigenvalue weighted by atomic mass is 9.73. The van der Waals surface area contributed by atoms with Crippen molar-refractivity contribution in [2.45, 2.75) is 26.2 Å². The first-order valence-electron chi connectivity index (χ1n) is 12.0. The first-order valence-corrected chi connectivity index (χ1v) is 12.0. The molecule has 1 aromatic carbocycles. The Labute approximate surface area is 208 Å². The highest BCUT2D eigenvalue weighted by molar-refractivity contribution is 5.95. The minimum absolute atomic E-state index is 0.191. The van der Waals surface area contributed by atoms with Crippen LogP contribution in [-0.2, 0) is 6.42 Å². The van der Waals surface area contributed by atoms with Crippen molar-refractivity contribution in [1.29, 1.82) is 0 Å². The maximum atomic E-state index is 15.2. The fraction of sp³-hybridized carbons (Fsp3) is 0.333. The number of anilines is 1. The number of hydrogen-bond acceptors (Lipinski definition) is 6. The molecule has 0 atom stereocenters. The number of nitrogen functional groups attached to an aromatic ring is 1. The first kappa shape index (κ1) is 23.8. The van der Waals surface area contributed by atoms with Gasteiger partial charge < -0.3 is 16.0 Å². The van der Waals surface area contributed by atoms with Crippen molar-refractivity contribution in [3.8, 4) is 23.1 Å². The van der Waals surface area contributed by atoms with Gasteiger partial charge in [-0.15, -0.1) is 0 Å². The van der Waals surface area contributed by atoms with Crippen LogP contribution in [-0.4, -0.2) is 51.9 Å². The summed E-state index contributed by atoms with van der Waals surface area (Å²) in [7, 11) is 0. The van der Waals surface area contributed by atoms with Crippen molar-refractivity contribution < 1.29 is 13.6 Å². The average molecular weight is 489 g/mol. The smallest absolute Gasteiger partial charge is 0.259 e. The number of halogens is 2. The molecule has 1 spiro atoms. The largest absolute Gasteiger partial charge is 0.384 e. The van der Waals surface area contributed by atoms with Crippen molar-refractivity contribution in [2.75, 3.05) is 31.9 Å². The predicted octanol–water partition coefficient (Wildman–Crippen LogP) is 3.19. The van der Waals surface area contributed by atoms with Crippen molar-refractivity contribution in [1.82, 2.24) is 25.2 Å². The number of piperidine rings is 1. The highest BCUT2D eigenvalue weighted by Crippen LogP contribution is 2.36. The summed E-state index contributed by atoms with van der Waals surface area (Å²) in [6.45, 7) is 4.77. The maximum Gasteiger partial charge on any atom is 0.259 e. The number of nitrogens with zero attached hydrogens (tertiary/aromatic N) is 4. The highest BCUT2D eigenvalue weighted by atomic mass is 19.1. The first-order chi connectivity index (χ1) is 17.4. The van der Waals surface area contributed by atoms with Gasteiger partial charge >= 0.3 is 0 Å². The summed E-state index contributed by atoms with van der Waals surface area (Å²) in [6.07, 6.45) is 5.10. The molecular weight excluding hydrogens is 462 g/mol. The third-order valence-corrected chi connectivity index (χ3v) is 7.02. The molecule has 1 amide bonds. The zero-order valence-corrected chi connectivity index (χ0v) is 19.9. The Hall–Kier alpha value is -3.90. The number of nitrogens with two attached hydrogens (primary N) is 1. The fourth-order valence-corrected chi connectivity index (χ4v) is 4.74. The molecule has 2 saturated heterocycles. The molecular formula is C27H26F2N6O. The van der Waals surface area contributed by atoms with Crippen LogP contribution in [0.25, 0.3) is 11.3 Å². The summed E-state index contributed by atoms with van der Waals surface area (Å²) in [5, 5.41) is 3.27. The molecule has 36 heavy (non-hydrogen) atoms. The third kappa shape index (κ3) is 4.52. The van der Waals surface area contributed by atoms with Crippen molar-refractivity contribution in [3.05, 3.63) is 70.8 Å². The van der Waals surface area contributed by atoms with E-state index >= 15 is 8.78 Å². The molecule has 4 heterocycles. The van der Waals surface area contributed by atoms with E-state index in [0.29, 0.717) is 47.8 Å². The fourth-order valence-electron chi connectivity index (χ4n) is 4.74. The minimum atomic E-state index is -0.918. The summed E-state index contributed by atoms with van der Waals surface area (Å²) in [5.74, 6) is 3.95. The third-order valence-electron chi connectivity index (χ3n) is 7.02. The van der Waals surface area contributed by atoms with Gasteiger partial charge in [0.25, 0.3) is 5.91 Å². The Morgan fingerprint density at radius 1 is 1.11 bits per heavy atom. The van der Waals surface area contributed by atoms with Crippen LogP contribution in [0.5, 0.6) is 0 Å². The molecule has 5 rings (SSSR count). The van der Waals surface area contributed by atoms with E-state index in [1.807, 2.05) is 6.92 Å². The molecule has 3 N–H and O–H groups in total. The number of aromatic nitrogens is 3. The van der Waals surface area contributed by atoms with Gasteiger partial charge in [-0.05, 0) is 48.9 Å². The van der Waals surface area contributed by atoms with Crippen molar-refractivity contribution in [3.63, 3.8) is 0 Å². The van der Waals surface area contributed by atoms with Crippen LogP contribution in [0.3, 0.4) is 0 Å². The van der Waals surface area contributed by atoms with Gasteiger partial charge in [0.15, 0.2) is 0 Å². The zero-order valence-electron chi connectivity index (χ0n) is 19.9. The molecule has 2 aliphatic rings. The number of carbonyl (C=O) groups excluding carboxylic acids is 1. The molecule has 0 radical (unpaired) electrons. The van der Waals surface area contributed by atoms with Crippen LogP contribution in [0.1, 0.15) is 46.9 Å². The quantitative estimate of drug-likeness (QED) is 0.550. The lowest BCUT2D eigenvalue weighted by molar-refractivity contribution is 0.0408. The van der Waals surface area contributed by atoms with Gasteiger partial charge in [-0.25, -0.2) is 23.7 Å². The highest BCUT2D eigenvalue weighted by Gasteiger charge is 2.41. The van der Waals surface area contributed by atoms with Crippen LogP contribution in [0.2, 0.25) is 0 Å². The molecule has 184 valence electrons. The van der Waals surface area contributed by atoms with Crippen LogP contribution in [0.4, 0.5) is 14.6 Å². The van der Waals surface area contributed by atoms with Crippen LogP contribution < -0.4 is 11.1 Å². The Morgan fingerprint density at radius 3 is 2.42 bits per heavy atom. The molecule has 7 nitrogen and oxygen atoms in total. The van der Waals surface area contributed by atoms with E-state index in [0.717, 1.165) is 38.1 Å². The number of benzene rings is 1. The molecule has 3 aromatic rings. The van der Waals surface area contributed by atoms with Crippen LogP contribution in [0.15, 0.2) is 36.8 Å². The molecule has 0 bridgehead atoms. The number of nitrogens with one attached hydrogen (secondary N) is 1. The summed E-state index contributed by atoms with van der Waals surface area (Å²) >= 11 is 0. The normalized spacial score (nSPS) is 16.2. The topological polar surface area (TPSA) is 97.0 Å². The summed E-state index contributed by atoms with van der Waals surface area (Å²) < 4.78 is 30.5. The van der Waals surface area contributed by atoms with E-state index in [9.17, 15) is 4.79 Å². The lowest BCUT2D eigenvalue weighted by Gasteiger charge is -2.48. The Morgan fingerprint density at radius 2 is 1.83 bits per heavy atom. The molecule has 9 heteroatoms. The zero-order chi connectivity index (χ0) is 25.3. The maximum absolute atomic E-state index is 15.2. The van der Waals surface area contributed by atoms with Gasteiger partial charge in [0.1, 0.15) is 29.3 Å². The second-order valence-corrected chi connectivity index (χ2v) is 9.33. The van der Waals surface area contributed by atoms with Crippen molar-refractivity contribution >= 4 is 11.7 Å². The van der Waals surface area contributed by atoms with Gasteiger partial charge in [-0.3, -0.25) is 4.79 Å². The number of amides is 1. The Bertz CT molecular complexity index is 1340. The standard InChI is InChI=1S/C27H26F2N6O/c1-2-22-19(5-3-17-4-6-23(30)32-13-17)25(34-16-33-22)18-11-20(28)24(21(29)12-18)26(36)35-9-7-27(8-10-35)14-31-15-27/h4,6,11-13,16,31H,2,7-10,14-15H2,1H3,(H2,30,32). The van der Waals surface area contributed by atoms with E-state index in [1.165, 1.54) is 6.33 Å². The van der Waals surface area contributed by atoms with E-state index in [2.05, 4.69) is 32.1 Å². The minimum Gasteiger partial charge on any atom is -0.384 e. The number of hydrogen-bond donors (Lipinski definition) is 2. The van der Waals surface area contributed by atoms with Gasteiger partial charge in [0, 0.05) is 43.5 Å². The SMILES string of the molecule is CCc1ncnc(-c2cc(F)c(C(=O)N3CCC4(CC3)CNC4)c(F)c2)c1C#Cc1ccc(N)nc1. The number of likely N-dealkylation sites (tertiary alicyclic amines) is 1. The van der Waals surface area contributed by atoms with E-state index in [-0.39, 0.29) is 11.0 Å². The van der Waals surface area contributed by atoms with Gasteiger partial charge in [0.05, 0.1) is 17.0 Å². The van der Waals surface area contributed by atoms with Crippen molar-refractivity contribution in [2.24, 2.45) is 5.41 Å². The van der Waals surface area contributed by atoms with E-state index < -0.39 is 23.1 Å². The second-order valence-electron chi connectivity index (χ2n) is 9.33. The molecule has 2 aromatic heterocycles. The lowest BCUT2D eigenvalue weighted by Crippen LogP contribution is -2.58. The molecule has 2 aliphatic heterocycles. The Kier molecular flexibility index (Phi) is 6.37. The number of aryl methyl sites for hydroxylation is 1. The second kappa shape index (κ2) is 9.63. The summed E-state index contributed by atoms with van der Waals surface area (Å²) in [5.41, 5.74) is 7.54. The molecule has 0 unspecified atom stereocenters. The molecule has 0 aliphatic carbocycles. The van der Waals surface area contributed by atoms with Gasteiger partial charge in [-0.1, -0.05) is 18.8 Å². The Balaban J connectivity index is 1.46.